The predicted molar refractivity (Wildman–Crippen MR) is 77.1 cm³/mol. The van der Waals surface area contributed by atoms with E-state index in [1.807, 2.05) is 6.92 Å². The molecule has 1 heterocycles. The lowest BCUT2D eigenvalue weighted by atomic mass is 10.2. The van der Waals surface area contributed by atoms with Crippen LogP contribution in [0.5, 0.6) is 11.8 Å². The van der Waals surface area contributed by atoms with Crippen LogP contribution in [0, 0.1) is 5.82 Å². The molecule has 0 aliphatic rings. The fraction of sp³-hybridized carbons (Fsp3) is 0.357. The Balaban J connectivity index is 2.47. The normalized spacial score (nSPS) is 10.3. The van der Waals surface area contributed by atoms with Gasteiger partial charge in [0.2, 0.25) is 5.95 Å². The summed E-state index contributed by atoms with van der Waals surface area (Å²) in [4.78, 5) is 12.4. The number of aromatic nitrogens is 3. The Kier molecular flexibility index (Phi) is 4.86. The number of benzene rings is 1. The van der Waals surface area contributed by atoms with Crippen LogP contribution in [0.1, 0.15) is 13.3 Å². The van der Waals surface area contributed by atoms with Crippen molar-refractivity contribution in [3.8, 4) is 23.1 Å². The Morgan fingerprint density at radius 2 is 1.95 bits per heavy atom. The minimum absolute atomic E-state index is 0.126. The van der Waals surface area contributed by atoms with E-state index in [9.17, 15) is 4.39 Å². The maximum atomic E-state index is 14.3. The molecule has 7 heteroatoms. The summed E-state index contributed by atoms with van der Waals surface area (Å²) in [6.07, 6.45) is 0.914. The zero-order valence-corrected chi connectivity index (χ0v) is 12.2. The first-order chi connectivity index (χ1) is 10.2. The van der Waals surface area contributed by atoms with Crippen LogP contribution in [-0.4, -0.2) is 35.7 Å². The summed E-state index contributed by atoms with van der Waals surface area (Å²) < 4.78 is 24.3. The average molecular weight is 292 g/mol. The SMILES string of the molecule is CCCNc1nc(OC)nc(-c2cccc(OC)c2F)n1. The molecule has 112 valence electrons. The predicted octanol–water partition coefficient (Wildman–Crippen LogP) is 2.52. The fourth-order valence-corrected chi connectivity index (χ4v) is 1.73. The van der Waals surface area contributed by atoms with Crippen LogP contribution in [0.2, 0.25) is 0 Å². The Hall–Kier alpha value is -2.44. The molecule has 0 saturated heterocycles. The number of ether oxygens (including phenoxy) is 2. The van der Waals surface area contributed by atoms with Gasteiger partial charge in [0.05, 0.1) is 19.8 Å². The molecule has 6 nitrogen and oxygen atoms in total. The van der Waals surface area contributed by atoms with Gasteiger partial charge in [-0.05, 0) is 18.6 Å². The van der Waals surface area contributed by atoms with Crippen molar-refractivity contribution >= 4 is 5.95 Å². The molecular weight excluding hydrogens is 275 g/mol. The quantitative estimate of drug-likeness (QED) is 0.882. The van der Waals surface area contributed by atoms with Gasteiger partial charge in [0.25, 0.3) is 0 Å². The van der Waals surface area contributed by atoms with Crippen molar-refractivity contribution in [2.75, 3.05) is 26.1 Å². The van der Waals surface area contributed by atoms with Crippen LogP contribution in [0.4, 0.5) is 10.3 Å². The van der Waals surface area contributed by atoms with E-state index in [1.165, 1.54) is 20.3 Å². The van der Waals surface area contributed by atoms with E-state index in [-0.39, 0.29) is 23.1 Å². The molecule has 0 radical (unpaired) electrons. The summed E-state index contributed by atoms with van der Waals surface area (Å²) in [5, 5.41) is 3.03. The first-order valence-corrected chi connectivity index (χ1v) is 6.56. The van der Waals surface area contributed by atoms with E-state index >= 15 is 0 Å². The summed E-state index contributed by atoms with van der Waals surface area (Å²) in [7, 11) is 2.86. The van der Waals surface area contributed by atoms with Crippen LogP contribution in [0.15, 0.2) is 18.2 Å². The highest BCUT2D eigenvalue weighted by Gasteiger charge is 2.15. The molecule has 0 bridgehead atoms. The zero-order chi connectivity index (χ0) is 15.2. The largest absolute Gasteiger partial charge is 0.494 e. The third kappa shape index (κ3) is 3.36. The molecule has 0 fully saturated rings. The number of hydrogen-bond donors (Lipinski definition) is 1. The molecule has 0 spiro atoms. The summed E-state index contributed by atoms with van der Waals surface area (Å²) in [6, 6.07) is 4.91. The zero-order valence-electron chi connectivity index (χ0n) is 12.2. The molecule has 0 aliphatic heterocycles. The van der Waals surface area contributed by atoms with Gasteiger partial charge in [-0.3, -0.25) is 0 Å². The summed E-state index contributed by atoms with van der Waals surface area (Å²) in [5.74, 6) is 0.155. The van der Waals surface area contributed by atoms with Crippen molar-refractivity contribution < 1.29 is 13.9 Å². The highest BCUT2D eigenvalue weighted by Crippen LogP contribution is 2.27. The van der Waals surface area contributed by atoms with Crippen molar-refractivity contribution in [2.45, 2.75) is 13.3 Å². The number of hydrogen-bond acceptors (Lipinski definition) is 6. The molecular formula is C14H17FN4O2. The van der Waals surface area contributed by atoms with Crippen LogP contribution in [0.25, 0.3) is 11.4 Å². The standard InChI is InChI=1S/C14H17FN4O2/c1-4-8-16-13-17-12(18-14(19-13)21-3)9-6-5-7-10(20-2)11(9)15/h5-7H,4,8H2,1-3H3,(H,16,17,18,19). The number of halogens is 1. The Morgan fingerprint density at radius 3 is 2.62 bits per heavy atom. The number of anilines is 1. The molecule has 0 atom stereocenters. The van der Waals surface area contributed by atoms with E-state index in [0.29, 0.717) is 12.5 Å². The minimum atomic E-state index is -0.519. The third-order valence-electron chi connectivity index (χ3n) is 2.75. The fourth-order valence-electron chi connectivity index (χ4n) is 1.73. The molecule has 0 unspecified atom stereocenters. The second kappa shape index (κ2) is 6.83. The minimum Gasteiger partial charge on any atom is -0.494 e. The number of nitrogens with zero attached hydrogens (tertiary/aromatic N) is 3. The van der Waals surface area contributed by atoms with Crippen molar-refractivity contribution in [3.63, 3.8) is 0 Å². The van der Waals surface area contributed by atoms with E-state index < -0.39 is 5.82 Å². The monoisotopic (exact) mass is 292 g/mol. The molecule has 0 saturated carbocycles. The van der Waals surface area contributed by atoms with Crippen molar-refractivity contribution in [3.05, 3.63) is 24.0 Å². The molecule has 2 rings (SSSR count). The van der Waals surface area contributed by atoms with Crippen LogP contribution < -0.4 is 14.8 Å². The van der Waals surface area contributed by atoms with E-state index in [0.717, 1.165) is 6.42 Å². The number of methoxy groups -OCH3 is 2. The summed E-state index contributed by atoms with van der Waals surface area (Å²) in [5.41, 5.74) is 0.231. The van der Waals surface area contributed by atoms with E-state index in [2.05, 4.69) is 20.3 Å². The van der Waals surface area contributed by atoms with Gasteiger partial charge in [-0.25, -0.2) is 4.39 Å². The Bertz CT molecular complexity index is 622. The second-order valence-corrected chi connectivity index (χ2v) is 4.22. The van der Waals surface area contributed by atoms with E-state index in [1.54, 1.807) is 12.1 Å². The average Bonchev–Trinajstić information content (AvgIpc) is 2.52. The van der Waals surface area contributed by atoms with Gasteiger partial charge in [0, 0.05) is 6.54 Å². The van der Waals surface area contributed by atoms with Gasteiger partial charge < -0.3 is 14.8 Å². The molecule has 2 aromatic rings. The van der Waals surface area contributed by atoms with Crippen LogP contribution in [-0.2, 0) is 0 Å². The van der Waals surface area contributed by atoms with Gasteiger partial charge in [-0.2, -0.15) is 15.0 Å². The lowest BCUT2D eigenvalue weighted by Crippen LogP contribution is -2.08. The molecule has 1 aromatic heterocycles. The van der Waals surface area contributed by atoms with Gasteiger partial charge >= 0.3 is 6.01 Å². The van der Waals surface area contributed by atoms with Gasteiger partial charge in [-0.1, -0.05) is 13.0 Å². The Morgan fingerprint density at radius 1 is 1.14 bits per heavy atom. The highest BCUT2D eigenvalue weighted by molar-refractivity contribution is 5.60. The lowest BCUT2D eigenvalue weighted by molar-refractivity contribution is 0.378. The van der Waals surface area contributed by atoms with Gasteiger partial charge in [0.15, 0.2) is 17.4 Å². The van der Waals surface area contributed by atoms with Crippen LogP contribution in [0.3, 0.4) is 0 Å². The summed E-state index contributed by atoms with van der Waals surface area (Å²) in [6.45, 7) is 2.72. The first-order valence-electron chi connectivity index (χ1n) is 6.56. The van der Waals surface area contributed by atoms with Crippen LogP contribution >= 0.6 is 0 Å². The smallest absolute Gasteiger partial charge is 0.321 e. The maximum absolute atomic E-state index is 14.3. The van der Waals surface area contributed by atoms with Crippen molar-refractivity contribution in [1.82, 2.24) is 15.0 Å². The number of nitrogens with one attached hydrogen (secondary N) is 1. The first kappa shape index (κ1) is 15.0. The maximum Gasteiger partial charge on any atom is 0.321 e. The number of rotatable bonds is 6. The van der Waals surface area contributed by atoms with Crippen molar-refractivity contribution in [1.29, 1.82) is 0 Å². The molecule has 1 N–H and O–H groups in total. The Labute approximate surface area is 122 Å². The second-order valence-electron chi connectivity index (χ2n) is 4.22. The molecule has 0 amide bonds. The molecule has 1 aromatic carbocycles. The summed E-state index contributed by atoms with van der Waals surface area (Å²) >= 11 is 0. The van der Waals surface area contributed by atoms with E-state index in [4.69, 9.17) is 9.47 Å². The molecule has 0 aliphatic carbocycles. The van der Waals surface area contributed by atoms with Crippen molar-refractivity contribution in [2.24, 2.45) is 0 Å². The molecule has 21 heavy (non-hydrogen) atoms. The lowest BCUT2D eigenvalue weighted by Gasteiger charge is -2.09. The third-order valence-corrected chi connectivity index (χ3v) is 2.75. The highest BCUT2D eigenvalue weighted by atomic mass is 19.1. The topological polar surface area (TPSA) is 69.2 Å². The van der Waals surface area contributed by atoms with Gasteiger partial charge in [-0.15, -0.1) is 0 Å². The van der Waals surface area contributed by atoms with Gasteiger partial charge in [0.1, 0.15) is 0 Å².